The molecule has 0 amide bonds. The molecule has 4 heteroatoms. The quantitative estimate of drug-likeness (QED) is 0.0644. The third-order valence-corrected chi connectivity index (χ3v) is 8.97. The van der Waals surface area contributed by atoms with Gasteiger partial charge in [-0.2, -0.15) is 0 Å². The highest BCUT2D eigenvalue weighted by Gasteiger charge is 2.11. The molecule has 0 bridgehead atoms. The molecule has 0 N–H and O–H groups in total. The molecule has 0 atom stereocenters. The normalized spacial score (nSPS) is 11.8. The van der Waals surface area contributed by atoms with E-state index in [1.807, 2.05) is 0 Å². The molecule has 0 saturated carbocycles. The molecule has 0 rings (SSSR count). The zero-order valence-electron chi connectivity index (χ0n) is 22.7. The van der Waals surface area contributed by atoms with E-state index in [4.69, 9.17) is 0 Å². The van der Waals surface area contributed by atoms with Gasteiger partial charge in [-0.1, -0.05) is 130 Å². The maximum atomic E-state index is 2.70. The van der Waals surface area contributed by atoms with Crippen LogP contribution in [-0.2, 0) is 0 Å². The van der Waals surface area contributed by atoms with Gasteiger partial charge in [0.25, 0.3) is 0 Å². The van der Waals surface area contributed by atoms with Gasteiger partial charge in [0.2, 0.25) is 0 Å². The number of rotatable bonds is 27. The summed E-state index contributed by atoms with van der Waals surface area (Å²) in [5, 5.41) is 0. The van der Waals surface area contributed by atoms with Gasteiger partial charge in [-0.05, 0) is 25.7 Å². The lowest BCUT2D eigenvalue weighted by atomic mass is 10.1. The Balaban J connectivity index is 4.43. The van der Waals surface area contributed by atoms with Crippen LogP contribution in [0.25, 0.3) is 0 Å². The largest absolute Gasteiger partial charge is 0.240 e. The Hall–Kier alpha value is 0.620. The Morgan fingerprint density at radius 2 is 0.531 bits per heavy atom. The van der Waals surface area contributed by atoms with E-state index in [2.05, 4.69) is 58.3 Å². The van der Waals surface area contributed by atoms with E-state index in [0.717, 1.165) is 0 Å². The molecule has 0 aliphatic rings. The SMILES string of the molecule is CCCCCCCN(CCCCCCC)SSN(CCCCCCC)CCCCCCC. The van der Waals surface area contributed by atoms with Gasteiger partial charge in [-0.3, -0.25) is 0 Å². The highest BCUT2D eigenvalue weighted by molar-refractivity contribution is 8.74. The number of hydrogen-bond acceptors (Lipinski definition) is 4. The van der Waals surface area contributed by atoms with E-state index >= 15 is 0 Å². The first-order chi connectivity index (χ1) is 15.8. The van der Waals surface area contributed by atoms with Crippen LogP contribution in [-0.4, -0.2) is 34.8 Å². The fourth-order valence-corrected chi connectivity index (χ4v) is 6.50. The van der Waals surface area contributed by atoms with E-state index in [9.17, 15) is 0 Å². The maximum absolute atomic E-state index is 2.70. The average Bonchev–Trinajstić information content (AvgIpc) is 2.80. The summed E-state index contributed by atoms with van der Waals surface area (Å²) in [6.45, 7) is 14.3. The third kappa shape index (κ3) is 23.8. The number of unbranched alkanes of at least 4 members (excludes halogenated alkanes) is 16. The first-order valence-corrected chi connectivity index (χ1v) is 16.7. The molecule has 0 saturated heterocycles. The molecular formula is C28H60N2S2. The highest BCUT2D eigenvalue weighted by Crippen LogP contribution is 2.31. The van der Waals surface area contributed by atoms with E-state index < -0.39 is 0 Å². The van der Waals surface area contributed by atoms with Crippen LogP contribution in [0.1, 0.15) is 156 Å². The summed E-state index contributed by atoms with van der Waals surface area (Å²) in [4.78, 5) is 0. The van der Waals surface area contributed by atoms with Crippen LogP contribution in [0.4, 0.5) is 0 Å². The molecule has 0 radical (unpaired) electrons. The molecular weight excluding hydrogens is 428 g/mol. The van der Waals surface area contributed by atoms with Crippen LogP contribution in [0.15, 0.2) is 0 Å². The molecule has 194 valence electrons. The zero-order chi connectivity index (χ0) is 23.5. The molecule has 0 heterocycles. The van der Waals surface area contributed by atoms with Gasteiger partial charge < -0.3 is 0 Å². The molecule has 0 aromatic carbocycles. The van der Waals surface area contributed by atoms with Crippen molar-refractivity contribution in [1.29, 1.82) is 0 Å². The van der Waals surface area contributed by atoms with Gasteiger partial charge in [0.15, 0.2) is 0 Å². The highest BCUT2D eigenvalue weighted by atomic mass is 33.1. The van der Waals surface area contributed by atoms with E-state index in [0.29, 0.717) is 0 Å². The van der Waals surface area contributed by atoms with E-state index in [1.165, 1.54) is 155 Å². The molecule has 0 aromatic heterocycles. The standard InChI is InChI=1S/C28H60N2S2/c1-5-9-13-17-21-25-29(26-22-18-14-10-6-2)31-32-30(27-23-19-15-11-7-3)28-24-20-16-12-8-4/h5-28H2,1-4H3. The van der Waals surface area contributed by atoms with E-state index in [1.54, 1.807) is 0 Å². The molecule has 0 spiro atoms. The molecule has 0 aliphatic heterocycles. The van der Waals surface area contributed by atoms with Crippen molar-refractivity contribution in [2.45, 2.75) is 156 Å². The van der Waals surface area contributed by atoms with Crippen LogP contribution < -0.4 is 0 Å². The van der Waals surface area contributed by atoms with Gasteiger partial charge in [0.05, 0.1) is 0 Å². The maximum Gasteiger partial charge on any atom is 0.00976 e. The minimum absolute atomic E-state index is 1.27. The van der Waals surface area contributed by atoms with Crippen molar-refractivity contribution >= 4 is 22.0 Å². The molecule has 0 fully saturated rings. The predicted octanol–water partition coefficient (Wildman–Crippen LogP) is 10.7. The minimum atomic E-state index is 1.27. The molecule has 32 heavy (non-hydrogen) atoms. The molecule has 0 unspecified atom stereocenters. The lowest BCUT2D eigenvalue weighted by Crippen LogP contribution is -2.22. The van der Waals surface area contributed by atoms with Gasteiger partial charge in [-0.15, -0.1) is 0 Å². The Bertz CT molecular complexity index is 281. The van der Waals surface area contributed by atoms with E-state index in [-0.39, 0.29) is 0 Å². The van der Waals surface area contributed by atoms with Gasteiger partial charge in [0, 0.05) is 48.1 Å². The predicted molar refractivity (Wildman–Crippen MR) is 153 cm³/mol. The van der Waals surface area contributed by atoms with Crippen molar-refractivity contribution < 1.29 is 0 Å². The first kappa shape index (κ1) is 32.6. The van der Waals surface area contributed by atoms with Gasteiger partial charge >= 0.3 is 0 Å². The third-order valence-electron chi connectivity index (χ3n) is 6.29. The fraction of sp³-hybridized carbons (Fsp3) is 1.00. The van der Waals surface area contributed by atoms with Gasteiger partial charge in [0.1, 0.15) is 0 Å². The first-order valence-electron chi connectivity index (χ1n) is 14.6. The molecule has 0 aliphatic carbocycles. The Kier molecular flexibility index (Phi) is 28.4. The summed E-state index contributed by atoms with van der Waals surface area (Å²) >= 11 is 0. The summed E-state index contributed by atoms with van der Waals surface area (Å²) in [7, 11) is 4.14. The number of hydrogen-bond donors (Lipinski definition) is 0. The van der Waals surface area contributed by atoms with Crippen LogP contribution >= 0.6 is 22.0 Å². The number of nitrogens with zero attached hydrogens (tertiary/aromatic N) is 2. The minimum Gasteiger partial charge on any atom is -0.240 e. The Morgan fingerprint density at radius 3 is 0.750 bits per heavy atom. The second-order valence-corrected chi connectivity index (χ2v) is 11.9. The van der Waals surface area contributed by atoms with Crippen LogP contribution in [0.5, 0.6) is 0 Å². The second-order valence-electron chi connectivity index (χ2n) is 9.66. The lowest BCUT2D eigenvalue weighted by Gasteiger charge is -2.25. The van der Waals surface area contributed by atoms with Crippen LogP contribution in [0.3, 0.4) is 0 Å². The van der Waals surface area contributed by atoms with Crippen LogP contribution in [0, 0.1) is 0 Å². The van der Waals surface area contributed by atoms with Gasteiger partial charge in [-0.25, -0.2) is 8.61 Å². The summed E-state index contributed by atoms with van der Waals surface area (Å²) < 4.78 is 5.40. The summed E-state index contributed by atoms with van der Waals surface area (Å²) in [5.41, 5.74) is 0. The lowest BCUT2D eigenvalue weighted by molar-refractivity contribution is 0.422. The van der Waals surface area contributed by atoms with Crippen molar-refractivity contribution in [3.63, 3.8) is 0 Å². The second kappa shape index (κ2) is 27.9. The van der Waals surface area contributed by atoms with Crippen LogP contribution in [0.2, 0.25) is 0 Å². The average molecular weight is 489 g/mol. The van der Waals surface area contributed by atoms with Crippen molar-refractivity contribution in [2.24, 2.45) is 0 Å². The molecule has 0 aromatic rings. The topological polar surface area (TPSA) is 6.48 Å². The fourth-order valence-electron chi connectivity index (χ4n) is 4.03. The Labute approximate surface area is 212 Å². The monoisotopic (exact) mass is 488 g/mol. The Morgan fingerprint density at radius 1 is 0.312 bits per heavy atom. The summed E-state index contributed by atoms with van der Waals surface area (Å²) in [6, 6.07) is 0. The smallest absolute Gasteiger partial charge is 0.00976 e. The van der Waals surface area contributed by atoms with Crippen molar-refractivity contribution in [3.8, 4) is 0 Å². The summed E-state index contributed by atoms with van der Waals surface area (Å²) in [6.07, 6.45) is 27.8. The van der Waals surface area contributed by atoms with Crippen molar-refractivity contribution in [2.75, 3.05) is 26.2 Å². The molecule has 2 nitrogen and oxygen atoms in total. The van der Waals surface area contributed by atoms with Crippen molar-refractivity contribution in [3.05, 3.63) is 0 Å². The summed E-state index contributed by atoms with van der Waals surface area (Å²) in [5.74, 6) is 0. The zero-order valence-corrected chi connectivity index (χ0v) is 24.3. The van der Waals surface area contributed by atoms with Crippen molar-refractivity contribution in [1.82, 2.24) is 8.61 Å².